The van der Waals surface area contributed by atoms with Crippen LogP contribution in [0.5, 0.6) is 11.5 Å². The molecule has 0 aliphatic carbocycles. The number of amides is 1. The molecular weight excluding hydrogens is 514 g/mol. The summed E-state index contributed by atoms with van der Waals surface area (Å²) in [5.74, 6) is 0.882. The average Bonchev–Trinajstić information content (AvgIpc) is 3.46. The molecule has 1 amide bonds. The number of carbonyl (C=O) groups excluding carboxylic acids is 2. The van der Waals surface area contributed by atoms with Crippen LogP contribution in [0, 0.1) is 6.92 Å². The highest BCUT2D eigenvalue weighted by atomic mass is 32.2. The van der Waals surface area contributed by atoms with Crippen LogP contribution in [0.4, 0.5) is 0 Å². The molecule has 0 spiro atoms. The van der Waals surface area contributed by atoms with Gasteiger partial charge < -0.3 is 19.9 Å². The first-order chi connectivity index (χ1) is 17.9. The quantitative estimate of drug-likeness (QED) is 0.259. The molecule has 194 valence electrons. The summed E-state index contributed by atoms with van der Waals surface area (Å²) in [6.07, 6.45) is 1.63. The van der Waals surface area contributed by atoms with E-state index in [1.54, 1.807) is 42.7 Å². The van der Waals surface area contributed by atoms with Crippen molar-refractivity contribution in [2.75, 3.05) is 12.4 Å². The van der Waals surface area contributed by atoms with Crippen LogP contribution in [-0.2, 0) is 33.2 Å². The zero-order chi connectivity index (χ0) is 26.2. The SMILES string of the molecule is CCOC(=O)[C@@H](CSCc1cccc(O)c1)NC(=O)Cn1cc(COc2ccc3nc(C)sc3c2)nn1. The van der Waals surface area contributed by atoms with Gasteiger partial charge in [-0.15, -0.1) is 16.4 Å². The first kappa shape index (κ1) is 26.4. The molecule has 0 saturated carbocycles. The predicted octanol–water partition coefficient (Wildman–Crippen LogP) is 3.46. The van der Waals surface area contributed by atoms with Gasteiger partial charge in [0.2, 0.25) is 5.91 Å². The van der Waals surface area contributed by atoms with Gasteiger partial charge in [0, 0.05) is 11.5 Å². The third-order valence-corrected chi connectivity index (χ3v) is 7.16. The maximum atomic E-state index is 12.6. The van der Waals surface area contributed by atoms with Crippen molar-refractivity contribution >= 4 is 45.2 Å². The minimum absolute atomic E-state index is 0.105. The van der Waals surface area contributed by atoms with Crippen molar-refractivity contribution in [2.24, 2.45) is 0 Å². The van der Waals surface area contributed by atoms with E-state index in [9.17, 15) is 14.7 Å². The Hall–Kier alpha value is -3.64. The van der Waals surface area contributed by atoms with Gasteiger partial charge in [-0.1, -0.05) is 17.3 Å². The number of ether oxygens (including phenoxy) is 2. The molecule has 2 aromatic carbocycles. The smallest absolute Gasteiger partial charge is 0.329 e. The van der Waals surface area contributed by atoms with Gasteiger partial charge in [0.05, 0.1) is 28.0 Å². The summed E-state index contributed by atoms with van der Waals surface area (Å²) in [6.45, 7) is 3.98. The van der Waals surface area contributed by atoms with Crippen LogP contribution in [0.3, 0.4) is 0 Å². The van der Waals surface area contributed by atoms with Crippen molar-refractivity contribution in [1.82, 2.24) is 25.3 Å². The first-order valence-corrected chi connectivity index (χ1v) is 13.6. The first-order valence-electron chi connectivity index (χ1n) is 11.6. The fourth-order valence-electron chi connectivity index (χ4n) is 3.49. The van der Waals surface area contributed by atoms with Gasteiger partial charge in [0.1, 0.15) is 36.4 Å². The summed E-state index contributed by atoms with van der Waals surface area (Å²) in [4.78, 5) is 29.5. The normalized spacial score (nSPS) is 11.8. The lowest BCUT2D eigenvalue weighted by molar-refractivity contribution is -0.146. The van der Waals surface area contributed by atoms with Crippen LogP contribution in [0.2, 0.25) is 0 Å². The minimum Gasteiger partial charge on any atom is -0.508 e. The third-order valence-electron chi connectivity index (χ3n) is 5.12. The highest BCUT2D eigenvalue weighted by Crippen LogP contribution is 2.26. The minimum atomic E-state index is -0.814. The molecule has 0 bridgehead atoms. The summed E-state index contributed by atoms with van der Waals surface area (Å²) in [7, 11) is 0. The van der Waals surface area contributed by atoms with E-state index in [1.165, 1.54) is 16.4 Å². The lowest BCUT2D eigenvalue weighted by Gasteiger charge is -2.17. The second-order valence-electron chi connectivity index (χ2n) is 8.12. The fraction of sp³-hybridized carbons (Fsp3) is 0.320. The molecule has 1 atom stereocenters. The number of aromatic hydroxyl groups is 1. The number of hydrogen-bond acceptors (Lipinski definition) is 10. The Kier molecular flexibility index (Phi) is 8.96. The van der Waals surface area contributed by atoms with E-state index >= 15 is 0 Å². The van der Waals surface area contributed by atoms with E-state index in [-0.39, 0.29) is 31.4 Å². The number of thioether (sulfide) groups is 1. The molecule has 2 heterocycles. The monoisotopic (exact) mass is 541 g/mol. The Balaban J connectivity index is 1.28. The molecule has 10 nitrogen and oxygen atoms in total. The number of benzene rings is 2. The Labute approximate surface area is 222 Å². The molecular formula is C25H27N5O5S2. The number of fused-ring (bicyclic) bond motifs is 1. The number of esters is 1. The molecule has 0 aliphatic rings. The maximum Gasteiger partial charge on any atom is 0.329 e. The number of thiazole rings is 1. The number of aryl methyl sites for hydroxylation is 1. The Morgan fingerprint density at radius 1 is 1.24 bits per heavy atom. The lowest BCUT2D eigenvalue weighted by atomic mass is 10.2. The Bertz CT molecular complexity index is 1370. The molecule has 0 aliphatic heterocycles. The lowest BCUT2D eigenvalue weighted by Crippen LogP contribution is -2.45. The van der Waals surface area contributed by atoms with Gasteiger partial charge in [-0.2, -0.15) is 11.8 Å². The molecule has 0 saturated heterocycles. The molecule has 2 N–H and O–H groups in total. The third kappa shape index (κ3) is 7.67. The molecule has 0 radical (unpaired) electrons. The standard InChI is InChI=1S/C25H27N5O5S2/c1-3-34-25(33)22(15-36-14-17-5-4-6-19(31)9-17)27-24(32)12-30-11-18(28-29-30)13-35-20-7-8-21-23(10-20)37-16(2)26-21/h4-11,22,31H,3,12-15H2,1-2H3,(H,27,32)/t22-/m1/s1. The molecule has 0 fully saturated rings. The van der Waals surface area contributed by atoms with E-state index in [2.05, 4.69) is 20.6 Å². The van der Waals surface area contributed by atoms with Crippen molar-refractivity contribution in [3.63, 3.8) is 0 Å². The van der Waals surface area contributed by atoms with Gasteiger partial charge in [0.15, 0.2) is 0 Å². The number of nitrogens with zero attached hydrogens (tertiary/aromatic N) is 4. The molecule has 0 unspecified atom stereocenters. The number of phenols is 1. The number of aromatic nitrogens is 4. The number of rotatable bonds is 12. The van der Waals surface area contributed by atoms with Crippen molar-refractivity contribution < 1.29 is 24.2 Å². The molecule has 4 aromatic rings. The predicted molar refractivity (Wildman–Crippen MR) is 142 cm³/mol. The van der Waals surface area contributed by atoms with Crippen molar-refractivity contribution in [3.8, 4) is 11.5 Å². The zero-order valence-corrected chi connectivity index (χ0v) is 22.1. The van der Waals surface area contributed by atoms with Gasteiger partial charge in [-0.3, -0.25) is 4.79 Å². The van der Waals surface area contributed by atoms with E-state index in [4.69, 9.17) is 9.47 Å². The summed E-state index contributed by atoms with van der Waals surface area (Å²) in [5, 5.41) is 21.4. The number of phenolic OH excluding ortho intramolecular Hbond substituents is 1. The highest BCUT2D eigenvalue weighted by molar-refractivity contribution is 7.98. The topological polar surface area (TPSA) is 128 Å². The number of hydrogen-bond donors (Lipinski definition) is 2. The van der Waals surface area contributed by atoms with Crippen molar-refractivity contribution in [2.45, 2.75) is 38.8 Å². The van der Waals surface area contributed by atoms with Gasteiger partial charge in [0.25, 0.3) is 0 Å². The van der Waals surface area contributed by atoms with Crippen LogP contribution in [0.25, 0.3) is 10.2 Å². The molecule has 2 aromatic heterocycles. The van der Waals surface area contributed by atoms with E-state index in [0.717, 1.165) is 20.8 Å². The zero-order valence-electron chi connectivity index (χ0n) is 20.4. The van der Waals surface area contributed by atoms with Crippen molar-refractivity contribution in [1.29, 1.82) is 0 Å². The second kappa shape index (κ2) is 12.5. The summed E-state index contributed by atoms with van der Waals surface area (Å²) in [6, 6.07) is 11.8. The highest BCUT2D eigenvalue weighted by Gasteiger charge is 2.22. The van der Waals surface area contributed by atoms with Crippen molar-refractivity contribution in [3.05, 3.63) is 64.9 Å². The van der Waals surface area contributed by atoms with E-state index in [1.807, 2.05) is 31.2 Å². The van der Waals surface area contributed by atoms with Crippen LogP contribution in [0.1, 0.15) is 23.2 Å². The maximum absolute atomic E-state index is 12.6. The van der Waals surface area contributed by atoms with E-state index < -0.39 is 12.0 Å². The second-order valence-corrected chi connectivity index (χ2v) is 10.4. The molecule has 12 heteroatoms. The summed E-state index contributed by atoms with van der Waals surface area (Å²) < 4.78 is 13.4. The summed E-state index contributed by atoms with van der Waals surface area (Å²) in [5.41, 5.74) is 2.42. The fourth-order valence-corrected chi connectivity index (χ4v) is 5.33. The number of carbonyl (C=O) groups is 2. The van der Waals surface area contributed by atoms with Gasteiger partial charge >= 0.3 is 5.97 Å². The summed E-state index contributed by atoms with van der Waals surface area (Å²) >= 11 is 3.06. The van der Waals surface area contributed by atoms with Gasteiger partial charge in [-0.25, -0.2) is 14.5 Å². The Morgan fingerprint density at radius 3 is 2.92 bits per heavy atom. The van der Waals surface area contributed by atoms with Crippen LogP contribution in [-0.4, -0.2) is 55.4 Å². The van der Waals surface area contributed by atoms with Crippen LogP contribution in [0.15, 0.2) is 48.7 Å². The number of nitrogens with one attached hydrogen (secondary N) is 1. The Morgan fingerprint density at radius 2 is 2.11 bits per heavy atom. The molecule has 37 heavy (non-hydrogen) atoms. The average molecular weight is 542 g/mol. The van der Waals surface area contributed by atoms with E-state index in [0.29, 0.717) is 22.9 Å². The largest absolute Gasteiger partial charge is 0.508 e. The van der Waals surface area contributed by atoms with Crippen LogP contribution < -0.4 is 10.1 Å². The molecule has 4 rings (SSSR count). The van der Waals surface area contributed by atoms with Crippen LogP contribution >= 0.6 is 23.1 Å². The van der Waals surface area contributed by atoms with Gasteiger partial charge in [-0.05, 0) is 49.7 Å².